The minimum Gasteiger partial charge on any atom is -0.396 e. The molecule has 0 aliphatic rings. The number of hydrogen-bond donors (Lipinski definition) is 2. The molecule has 1 aromatic heterocycles. The van der Waals surface area contributed by atoms with E-state index in [0.717, 1.165) is 25.8 Å². The zero-order valence-electron chi connectivity index (χ0n) is 10.4. The maximum atomic E-state index is 9.02. The third kappa shape index (κ3) is 3.85. The van der Waals surface area contributed by atoms with Crippen molar-refractivity contribution in [3.05, 3.63) is 16.1 Å². The van der Waals surface area contributed by atoms with Crippen molar-refractivity contribution in [3.8, 4) is 0 Å². The predicted octanol–water partition coefficient (Wildman–Crippen LogP) is 2.35. The molecule has 1 heterocycles. The molecule has 1 atom stereocenters. The fourth-order valence-electron chi connectivity index (χ4n) is 1.53. The number of aliphatic hydroxyl groups excluding tert-OH is 1. The van der Waals surface area contributed by atoms with Crippen molar-refractivity contribution < 1.29 is 5.11 Å². The van der Waals surface area contributed by atoms with E-state index in [-0.39, 0.29) is 12.1 Å². The van der Waals surface area contributed by atoms with Gasteiger partial charge in [0.15, 0.2) is 0 Å². The summed E-state index contributed by atoms with van der Waals surface area (Å²) >= 11 is 1.77. The van der Waals surface area contributed by atoms with Gasteiger partial charge in [-0.1, -0.05) is 13.8 Å². The second-order valence-electron chi connectivity index (χ2n) is 4.32. The summed E-state index contributed by atoms with van der Waals surface area (Å²) < 4.78 is 0. The lowest BCUT2D eigenvalue weighted by molar-refractivity contribution is 0.215. The van der Waals surface area contributed by atoms with Gasteiger partial charge in [-0.3, -0.25) is 0 Å². The van der Waals surface area contributed by atoms with Gasteiger partial charge in [0.2, 0.25) is 0 Å². The molecule has 2 N–H and O–H groups in total. The molecule has 0 aliphatic carbocycles. The number of rotatable bonds is 7. The summed E-state index contributed by atoms with van der Waals surface area (Å²) in [4.78, 5) is 5.61. The quantitative estimate of drug-likeness (QED) is 0.771. The van der Waals surface area contributed by atoms with Crippen LogP contribution in [0.3, 0.4) is 0 Å². The average molecular weight is 242 g/mol. The molecule has 92 valence electrons. The van der Waals surface area contributed by atoms with Crippen LogP contribution in [-0.4, -0.2) is 22.2 Å². The van der Waals surface area contributed by atoms with Crippen molar-refractivity contribution in [2.45, 2.75) is 52.1 Å². The fourth-order valence-corrected chi connectivity index (χ4v) is 2.33. The first kappa shape index (κ1) is 13.6. The van der Waals surface area contributed by atoms with Gasteiger partial charge in [0, 0.05) is 29.8 Å². The summed E-state index contributed by atoms with van der Waals surface area (Å²) in [5.41, 5.74) is 0.0329. The van der Waals surface area contributed by atoms with Gasteiger partial charge < -0.3 is 10.4 Å². The molecule has 0 saturated carbocycles. The van der Waals surface area contributed by atoms with Crippen molar-refractivity contribution in [2.75, 3.05) is 6.61 Å². The van der Waals surface area contributed by atoms with E-state index in [9.17, 15) is 0 Å². The molecular formula is C12H22N2OS. The molecule has 0 radical (unpaired) electrons. The minimum atomic E-state index is 0.0329. The molecule has 1 aromatic rings. The first-order valence-corrected chi connectivity index (χ1v) is 6.74. The summed E-state index contributed by atoms with van der Waals surface area (Å²) in [5.74, 6) is 0. The van der Waals surface area contributed by atoms with Crippen LogP contribution in [0.4, 0.5) is 0 Å². The molecule has 4 heteroatoms. The Morgan fingerprint density at radius 3 is 2.75 bits per heavy atom. The Balaban J connectivity index is 2.48. The highest BCUT2D eigenvalue weighted by Crippen LogP contribution is 2.18. The molecule has 0 spiro atoms. The molecule has 0 amide bonds. The topological polar surface area (TPSA) is 45.2 Å². The largest absolute Gasteiger partial charge is 0.396 e. The Morgan fingerprint density at radius 1 is 1.50 bits per heavy atom. The fraction of sp³-hybridized carbons (Fsp3) is 0.750. The number of nitrogens with zero attached hydrogens (tertiary/aromatic N) is 1. The summed E-state index contributed by atoms with van der Waals surface area (Å²) in [5, 5.41) is 13.7. The highest BCUT2D eigenvalue weighted by Gasteiger charge is 2.20. The van der Waals surface area contributed by atoms with E-state index in [2.05, 4.69) is 31.1 Å². The van der Waals surface area contributed by atoms with E-state index in [1.54, 1.807) is 11.3 Å². The molecule has 1 rings (SSSR count). The Morgan fingerprint density at radius 2 is 2.25 bits per heavy atom. The van der Waals surface area contributed by atoms with Crippen LogP contribution in [0, 0.1) is 0 Å². The maximum Gasteiger partial charge on any atom is 0.0925 e. The first-order chi connectivity index (χ1) is 7.63. The van der Waals surface area contributed by atoms with E-state index in [0.29, 0.717) is 0 Å². The van der Waals surface area contributed by atoms with E-state index in [4.69, 9.17) is 5.11 Å². The lowest BCUT2D eigenvalue weighted by atomic mass is 9.95. The second kappa shape index (κ2) is 6.33. The van der Waals surface area contributed by atoms with Crippen LogP contribution >= 0.6 is 11.3 Å². The number of nitrogens with one attached hydrogen (secondary N) is 1. The highest BCUT2D eigenvalue weighted by molar-refractivity contribution is 7.11. The van der Waals surface area contributed by atoms with Crippen LogP contribution < -0.4 is 5.32 Å². The number of aliphatic hydroxyl groups is 1. The van der Waals surface area contributed by atoms with E-state index in [1.165, 1.54) is 9.88 Å². The van der Waals surface area contributed by atoms with Crippen molar-refractivity contribution in [1.82, 2.24) is 10.3 Å². The number of aromatic nitrogens is 1. The van der Waals surface area contributed by atoms with Crippen LogP contribution in [0.1, 0.15) is 43.5 Å². The number of aryl methyl sites for hydroxylation is 1. The second-order valence-corrected chi connectivity index (χ2v) is 5.51. The van der Waals surface area contributed by atoms with Gasteiger partial charge in [0.05, 0.1) is 5.01 Å². The molecular weight excluding hydrogens is 220 g/mol. The summed E-state index contributed by atoms with van der Waals surface area (Å²) in [6, 6.07) is 0. The van der Waals surface area contributed by atoms with E-state index in [1.807, 2.05) is 6.20 Å². The van der Waals surface area contributed by atoms with E-state index >= 15 is 0 Å². The SMILES string of the molecule is CCc1ncc(CNC(C)(CC)CCO)s1. The summed E-state index contributed by atoms with van der Waals surface area (Å²) in [7, 11) is 0. The Kier molecular flexibility index (Phi) is 5.38. The predicted molar refractivity (Wildman–Crippen MR) is 68.7 cm³/mol. The minimum absolute atomic E-state index is 0.0329. The summed E-state index contributed by atoms with van der Waals surface area (Å²) in [6.45, 7) is 7.51. The molecule has 0 aromatic carbocycles. The van der Waals surface area contributed by atoms with Crippen LogP contribution in [0.5, 0.6) is 0 Å². The normalized spacial score (nSPS) is 15.0. The molecule has 0 saturated heterocycles. The van der Waals surface area contributed by atoms with Crippen LogP contribution in [-0.2, 0) is 13.0 Å². The smallest absolute Gasteiger partial charge is 0.0925 e. The first-order valence-electron chi connectivity index (χ1n) is 5.93. The maximum absolute atomic E-state index is 9.02. The monoisotopic (exact) mass is 242 g/mol. The van der Waals surface area contributed by atoms with Gasteiger partial charge in [0.25, 0.3) is 0 Å². The average Bonchev–Trinajstić information content (AvgIpc) is 2.75. The van der Waals surface area contributed by atoms with Gasteiger partial charge >= 0.3 is 0 Å². The third-order valence-electron chi connectivity index (χ3n) is 3.04. The zero-order chi connectivity index (χ0) is 12.0. The zero-order valence-corrected chi connectivity index (χ0v) is 11.2. The van der Waals surface area contributed by atoms with E-state index < -0.39 is 0 Å². The van der Waals surface area contributed by atoms with Gasteiger partial charge in [-0.05, 0) is 26.2 Å². The Bertz CT molecular complexity index is 314. The van der Waals surface area contributed by atoms with Crippen LogP contribution in [0.25, 0.3) is 0 Å². The van der Waals surface area contributed by atoms with Crippen LogP contribution in [0.15, 0.2) is 6.20 Å². The number of thiazole rings is 1. The molecule has 3 nitrogen and oxygen atoms in total. The van der Waals surface area contributed by atoms with Gasteiger partial charge in [-0.25, -0.2) is 4.98 Å². The third-order valence-corrected chi connectivity index (χ3v) is 4.18. The standard InChI is InChI=1S/C12H22N2OS/c1-4-11-13-8-10(16-11)9-14-12(3,5-2)6-7-15/h8,14-15H,4-7,9H2,1-3H3. The van der Waals surface area contributed by atoms with Crippen LogP contribution in [0.2, 0.25) is 0 Å². The Labute approximate surface area is 102 Å². The van der Waals surface area contributed by atoms with Crippen molar-refractivity contribution in [3.63, 3.8) is 0 Å². The number of hydrogen-bond acceptors (Lipinski definition) is 4. The molecule has 0 aliphatic heterocycles. The molecule has 1 unspecified atom stereocenters. The Hall–Kier alpha value is -0.450. The lowest BCUT2D eigenvalue weighted by Crippen LogP contribution is -2.41. The van der Waals surface area contributed by atoms with Crippen molar-refractivity contribution in [1.29, 1.82) is 0 Å². The lowest BCUT2D eigenvalue weighted by Gasteiger charge is -2.28. The summed E-state index contributed by atoms with van der Waals surface area (Å²) in [6.07, 6.45) is 4.77. The van der Waals surface area contributed by atoms with Crippen molar-refractivity contribution >= 4 is 11.3 Å². The van der Waals surface area contributed by atoms with Gasteiger partial charge in [-0.15, -0.1) is 11.3 Å². The van der Waals surface area contributed by atoms with Gasteiger partial charge in [-0.2, -0.15) is 0 Å². The molecule has 16 heavy (non-hydrogen) atoms. The molecule has 0 fully saturated rings. The highest BCUT2D eigenvalue weighted by atomic mass is 32.1. The van der Waals surface area contributed by atoms with Crippen molar-refractivity contribution in [2.24, 2.45) is 0 Å². The molecule has 0 bridgehead atoms. The van der Waals surface area contributed by atoms with Gasteiger partial charge in [0.1, 0.15) is 0 Å².